The summed E-state index contributed by atoms with van der Waals surface area (Å²) in [5.74, 6) is 0. The van der Waals surface area contributed by atoms with Crippen LogP contribution in [0, 0.1) is 0 Å². The lowest BCUT2D eigenvalue weighted by atomic mass is 10.4. The highest BCUT2D eigenvalue weighted by molar-refractivity contribution is 5.76. The Hall–Kier alpha value is 0.0499. The van der Waals surface area contributed by atoms with Gasteiger partial charge < -0.3 is 10.6 Å². The van der Waals surface area contributed by atoms with E-state index >= 15 is 0 Å². The van der Waals surface area contributed by atoms with Gasteiger partial charge in [0.05, 0.1) is 0 Å². The lowest BCUT2D eigenvalue weighted by Crippen LogP contribution is -2.03. The van der Waals surface area contributed by atoms with Crippen molar-refractivity contribution in [2.24, 2.45) is 0 Å². The van der Waals surface area contributed by atoms with E-state index in [0.717, 1.165) is 0 Å². The molecule has 2 aliphatic rings. The summed E-state index contributed by atoms with van der Waals surface area (Å²) >= 11 is 0. The van der Waals surface area contributed by atoms with Crippen molar-refractivity contribution >= 4 is 16.8 Å². The minimum Gasteiger partial charge on any atom is -0.317 e. The summed E-state index contributed by atoms with van der Waals surface area (Å²) in [5.41, 5.74) is 0. The lowest BCUT2D eigenvalue weighted by molar-refractivity contribution is 0.857. The van der Waals surface area contributed by atoms with Gasteiger partial charge >= 0.3 is 0 Å². The standard InChI is InChI=1S/2C4H9N.2B/c2*1-2-4-5-3-1;;/h2*5H,1-4H2;;. The zero-order valence-electron chi connectivity index (χ0n) is 7.81. The Morgan fingerprint density at radius 1 is 0.500 bits per heavy atom. The molecule has 0 aromatic heterocycles. The molecular weight excluding hydrogens is 146 g/mol. The maximum absolute atomic E-state index is 3.22. The molecule has 4 heteroatoms. The van der Waals surface area contributed by atoms with Crippen LogP contribution < -0.4 is 10.6 Å². The van der Waals surface area contributed by atoms with E-state index in [9.17, 15) is 0 Å². The van der Waals surface area contributed by atoms with E-state index in [2.05, 4.69) is 10.6 Å². The molecule has 0 unspecified atom stereocenters. The molecule has 2 nitrogen and oxygen atoms in total. The highest BCUT2D eigenvalue weighted by Gasteiger charge is 1.93. The summed E-state index contributed by atoms with van der Waals surface area (Å²) in [6.07, 6.45) is 5.56. The Labute approximate surface area is 80.0 Å². The SMILES string of the molecule is C1CCNC1.C1CCNC1.[B].[B]. The predicted molar refractivity (Wildman–Crippen MR) is 55.7 cm³/mol. The molecule has 12 heavy (non-hydrogen) atoms. The minimum absolute atomic E-state index is 0. The van der Waals surface area contributed by atoms with Crippen LogP contribution in [0.15, 0.2) is 0 Å². The van der Waals surface area contributed by atoms with Crippen LogP contribution in [0.4, 0.5) is 0 Å². The van der Waals surface area contributed by atoms with Crippen LogP contribution in [0.25, 0.3) is 0 Å². The summed E-state index contributed by atoms with van der Waals surface area (Å²) in [4.78, 5) is 0. The molecule has 2 N–H and O–H groups in total. The van der Waals surface area contributed by atoms with Gasteiger partial charge in [-0.05, 0) is 51.9 Å². The molecule has 0 atom stereocenters. The summed E-state index contributed by atoms with van der Waals surface area (Å²) in [7, 11) is 0. The van der Waals surface area contributed by atoms with E-state index in [1.54, 1.807) is 0 Å². The molecule has 0 spiro atoms. The Bertz CT molecular complexity index is 48.2. The third kappa shape index (κ3) is 8.15. The van der Waals surface area contributed by atoms with Gasteiger partial charge in [-0.2, -0.15) is 0 Å². The average molecular weight is 164 g/mol. The van der Waals surface area contributed by atoms with Crippen molar-refractivity contribution in [1.29, 1.82) is 0 Å². The smallest absolute Gasteiger partial charge is 0 e. The van der Waals surface area contributed by atoms with Gasteiger partial charge in [-0.15, -0.1) is 0 Å². The monoisotopic (exact) mass is 164 g/mol. The van der Waals surface area contributed by atoms with Crippen molar-refractivity contribution in [2.75, 3.05) is 26.2 Å². The van der Waals surface area contributed by atoms with Gasteiger partial charge in [-0.1, -0.05) is 0 Å². The van der Waals surface area contributed by atoms with Crippen molar-refractivity contribution in [2.45, 2.75) is 25.7 Å². The fraction of sp³-hybridized carbons (Fsp3) is 1.00. The van der Waals surface area contributed by atoms with Crippen molar-refractivity contribution in [3.8, 4) is 0 Å². The molecule has 66 valence electrons. The molecule has 0 aromatic carbocycles. The summed E-state index contributed by atoms with van der Waals surface area (Å²) in [6, 6.07) is 0. The van der Waals surface area contributed by atoms with Crippen LogP contribution in [-0.4, -0.2) is 43.0 Å². The number of rotatable bonds is 0. The van der Waals surface area contributed by atoms with Crippen molar-refractivity contribution in [1.82, 2.24) is 10.6 Å². The van der Waals surface area contributed by atoms with Crippen molar-refractivity contribution in [3.05, 3.63) is 0 Å². The highest BCUT2D eigenvalue weighted by atomic mass is 14.9. The molecule has 0 aromatic rings. The number of hydrogen-bond acceptors (Lipinski definition) is 2. The average Bonchev–Trinajstić information content (AvgIpc) is 2.67. The second kappa shape index (κ2) is 11.0. The first-order valence-electron chi connectivity index (χ1n) is 4.41. The highest BCUT2D eigenvalue weighted by Crippen LogP contribution is 1.90. The molecule has 6 radical (unpaired) electrons. The quantitative estimate of drug-likeness (QED) is 0.491. The van der Waals surface area contributed by atoms with Crippen LogP contribution >= 0.6 is 0 Å². The summed E-state index contributed by atoms with van der Waals surface area (Å²) in [6.45, 7) is 5.00. The van der Waals surface area contributed by atoms with Gasteiger partial charge in [0.1, 0.15) is 0 Å². The van der Waals surface area contributed by atoms with E-state index in [1.807, 2.05) is 0 Å². The van der Waals surface area contributed by atoms with Gasteiger partial charge in [-0.3, -0.25) is 0 Å². The van der Waals surface area contributed by atoms with E-state index in [4.69, 9.17) is 0 Å². The topological polar surface area (TPSA) is 24.1 Å². The molecule has 2 heterocycles. The fourth-order valence-electron chi connectivity index (χ4n) is 1.25. The third-order valence-electron chi connectivity index (χ3n) is 1.91. The molecule has 0 bridgehead atoms. The Balaban J connectivity index is 0. The molecule has 2 fully saturated rings. The minimum atomic E-state index is 0. The van der Waals surface area contributed by atoms with Gasteiger partial charge in [0.2, 0.25) is 0 Å². The largest absolute Gasteiger partial charge is 0.317 e. The van der Waals surface area contributed by atoms with Gasteiger partial charge in [0, 0.05) is 16.8 Å². The van der Waals surface area contributed by atoms with Crippen LogP contribution in [0.1, 0.15) is 25.7 Å². The van der Waals surface area contributed by atoms with Gasteiger partial charge in [0.25, 0.3) is 0 Å². The zero-order chi connectivity index (χ0) is 7.07. The summed E-state index contributed by atoms with van der Waals surface area (Å²) < 4.78 is 0. The zero-order valence-corrected chi connectivity index (χ0v) is 7.81. The third-order valence-corrected chi connectivity index (χ3v) is 1.91. The Kier molecular flexibility index (Phi) is 13.4. The van der Waals surface area contributed by atoms with E-state index in [1.165, 1.54) is 51.9 Å². The molecule has 2 saturated heterocycles. The van der Waals surface area contributed by atoms with Crippen LogP contribution in [0.3, 0.4) is 0 Å². The maximum Gasteiger partial charge on any atom is 0 e. The number of hydrogen-bond donors (Lipinski definition) is 2. The molecule has 0 amide bonds. The van der Waals surface area contributed by atoms with Gasteiger partial charge in [-0.25, -0.2) is 0 Å². The summed E-state index contributed by atoms with van der Waals surface area (Å²) in [5, 5.41) is 6.44. The molecule has 0 saturated carbocycles. The molecular formula is C8H18B2N2. The van der Waals surface area contributed by atoms with Gasteiger partial charge in [0.15, 0.2) is 0 Å². The van der Waals surface area contributed by atoms with Crippen molar-refractivity contribution in [3.63, 3.8) is 0 Å². The van der Waals surface area contributed by atoms with Crippen LogP contribution in [0.2, 0.25) is 0 Å². The molecule has 2 rings (SSSR count). The first-order chi connectivity index (χ1) is 5.00. The van der Waals surface area contributed by atoms with Crippen molar-refractivity contribution < 1.29 is 0 Å². The second-order valence-electron chi connectivity index (χ2n) is 2.91. The second-order valence-corrected chi connectivity index (χ2v) is 2.91. The Morgan fingerprint density at radius 2 is 0.750 bits per heavy atom. The van der Waals surface area contributed by atoms with Crippen LogP contribution in [0.5, 0.6) is 0 Å². The Morgan fingerprint density at radius 3 is 0.833 bits per heavy atom. The van der Waals surface area contributed by atoms with E-state index in [0.29, 0.717) is 0 Å². The normalized spacial score (nSPS) is 20.0. The first kappa shape index (κ1) is 14.6. The predicted octanol–water partition coefficient (Wildman–Crippen LogP) is -0.0220. The number of nitrogens with one attached hydrogen (secondary N) is 2. The lowest BCUT2D eigenvalue weighted by Gasteiger charge is -1.76. The molecule has 2 aliphatic heterocycles. The maximum atomic E-state index is 3.22. The fourth-order valence-corrected chi connectivity index (χ4v) is 1.25. The van der Waals surface area contributed by atoms with E-state index < -0.39 is 0 Å². The van der Waals surface area contributed by atoms with Crippen LogP contribution in [-0.2, 0) is 0 Å². The molecule has 0 aliphatic carbocycles. The first-order valence-corrected chi connectivity index (χ1v) is 4.41. The van der Waals surface area contributed by atoms with E-state index in [-0.39, 0.29) is 16.8 Å².